The van der Waals surface area contributed by atoms with Gasteiger partial charge in [0.05, 0.1) is 12.5 Å². The maximum Gasteiger partial charge on any atom is 0.311 e. The average molecular weight is 340 g/mol. The van der Waals surface area contributed by atoms with Gasteiger partial charge in [0.25, 0.3) is 0 Å². The molecule has 0 saturated heterocycles. The predicted molar refractivity (Wildman–Crippen MR) is 97.2 cm³/mol. The summed E-state index contributed by atoms with van der Waals surface area (Å²) < 4.78 is 5.67. The molecule has 0 amide bonds. The first kappa shape index (κ1) is 18.7. The van der Waals surface area contributed by atoms with Crippen molar-refractivity contribution < 1.29 is 19.4 Å². The van der Waals surface area contributed by atoms with Gasteiger partial charge < -0.3 is 9.84 Å². The van der Waals surface area contributed by atoms with Crippen molar-refractivity contribution in [3.63, 3.8) is 0 Å². The highest BCUT2D eigenvalue weighted by Gasteiger charge is 2.23. The van der Waals surface area contributed by atoms with Gasteiger partial charge in [-0.15, -0.1) is 0 Å². The third-order valence-electron chi connectivity index (χ3n) is 4.06. The van der Waals surface area contributed by atoms with E-state index in [4.69, 9.17) is 4.74 Å². The number of carbonyl (C=O) groups excluding carboxylic acids is 1. The minimum Gasteiger partial charge on any atom is -0.494 e. The molecule has 2 aromatic carbocycles. The Balaban J connectivity index is 2.05. The third kappa shape index (κ3) is 5.75. The summed E-state index contributed by atoms with van der Waals surface area (Å²) in [5.74, 6) is -1.39. The molecule has 0 bridgehead atoms. The predicted octanol–water partition coefficient (Wildman–Crippen LogP) is 4.70. The van der Waals surface area contributed by atoms with E-state index in [0.717, 1.165) is 19.3 Å². The SMILES string of the molecule is CCCCCOc1cccc(C(=O)CC(C(=O)O)c2ccccc2)c1. The number of ether oxygens (including phenoxy) is 1. The van der Waals surface area contributed by atoms with Crippen LogP contribution < -0.4 is 4.74 Å². The summed E-state index contributed by atoms with van der Waals surface area (Å²) in [5.41, 5.74) is 1.12. The minimum atomic E-state index is -0.994. The number of hydrogen-bond donors (Lipinski definition) is 1. The molecule has 0 radical (unpaired) electrons. The van der Waals surface area contributed by atoms with Crippen LogP contribution in [-0.4, -0.2) is 23.5 Å². The van der Waals surface area contributed by atoms with Crippen LogP contribution in [-0.2, 0) is 4.79 Å². The number of hydrogen-bond acceptors (Lipinski definition) is 3. The van der Waals surface area contributed by atoms with E-state index >= 15 is 0 Å². The number of carboxylic acid groups (broad SMARTS) is 1. The van der Waals surface area contributed by atoms with E-state index in [9.17, 15) is 14.7 Å². The van der Waals surface area contributed by atoms with Crippen LogP contribution >= 0.6 is 0 Å². The van der Waals surface area contributed by atoms with Gasteiger partial charge in [0.15, 0.2) is 5.78 Å². The molecule has 0 spiro atoms. The molecule has 0 fully saturated rings. The summed E-state index contributed by atoms with van der Waals surface area (Å²) in [5, 5.41) is 9.47. The zero-order valence-electron chi connectivity index (χ0n) is 14.5. The summed E-state index contributed by atoms with van der Waals surface area (Å²) in [4.78, 5) is 24.1. The van der Waals surface area contributed by atoms with E-state index in [1.165, 1.54) is 0 Å². The second-order valence-corrected chi connectivity index (χ2v) is 6.01. The van der Waals surface area contributed by atoms with Gasteiger partial charge in [-0.3, -0.25) is 9.59 Å². The summed E-state index contributed by atoms with van der Waals surface area (Å²) in [6.07, 6.45) is 3.14. The quantitative estimate of drug-likeness (QED) is 0.503. The standard InChI is InChI=1S/C21H24O4/c1-2-3-7-13-25-18-12-8-11-17(14-18)20(22)15-19(21(23)24)16-9-5-4-6-10-16/h4-6,8-12,14,19H,2-3,7,13,15H2,1H3,(H,23,24). The topological polar surface area (TPSA) is 63.6 Å². The number of carboxylic acids is 1. The maximum atomic E-state index is 12.5. The van der Waals surface area contributed by atoms with Crippen LogP contribution in [0.25, 0.3) is 0 Å². The van der Waals surface area contributed by atoms with Crippen LogP contribution in [0.3, 0.4) is 0 Å². The van der Waals surface area contributed by atoms with Crippen LogP contribution in [0.1, 0.15) is 54.4 Å². The Morgan fingerprint density at radius 2 is 1.80 bits per heavy atom. The lowest BCUT2D eigenvalue weighted by molar-refractivity contribution is -0.138. The average Bonchev–Trinajstić information content (AvgIpc) is 2.64. The molecule has 2 rings (SSSR count). The molecule has 0 aromatic heterocycles. The molecule has 0 aliphatic heterocycles. The Morgan fingerprint density at radius 3 is 2.48 bits per heavy atom. The molecular formula is C21H24O4. The molecule has 1 atom stereocenters. The van der Waals surface area contributed by atoms with Crippen molar-refractivity contribution in [1.82, 2.24) is 0 Å². The molecule has 2 aromatic rings. The molecular weight excluding hydrogens is 316 g/mol. The van der Waals surface area contributed by atoms with E-state index in [1.54, 1.807) is 42.5 Å². The molecule has 132 valence electrons. The highest BCUT2D eigenvalue weighted by Crippen LogP contribution is 2.23. The maximum absolute atomic E-state index is 12.5. The zero-order chi connectivity index (χ0) is 18.1. The van der Waals surface area contributed by atoms with Crippen molar-refractivity contribution in [1.29, 1.82) is 0 Å². The number of carbonyl (C=O) groups is 2. The molecule has 4 nitrogen and oxygen atoms in total. The Bertz CT molecular complexity index is 694. The largest absolute Gasteiger partial charge is 0.494 e. The number of rotatable bonds is 10. The molecule has 0 heterocycles. The van der Waals surface area contributed by atoms with Gasteiger partial charge in [0.2, 0.25) is 0 Å². The molecule has 25 heavy (non-hydrogen) atoms. The van der Waals surface area contributed by atoms with Crippen LogP contribution in [0.15, 0.2) is 54.6 Å². The van der Waals surface area contributed by atoms with Crippen LogP contribution in [0.4, 0.5) is 0 Å². The highest BCUT2D eigenvalue weighted by molar-refractivity contribution is 5.99. The number of aliphatic carboxylic acids is 1. The molecule has 1 N–H and O–H groups in total. The van der Waals surface area contributed by atoms with Crippen LogP contribution in [0.5, 0.6) is 5.75 Å². The zero-order valence-corrected chi connectivity index (χ0v) is 14.5. The van der Waals surface area contributed by atoms with Gasteiger partial charge in [-0.25, -0.2) is 0 Å². The summed E-state index contributed by atoms with van der Waals surface area (Å²) in [7, 11) is 0. The first-order valence-corrected chi connectivity index (χ1v) is 8.65. The van der Waals surface area contributed by atoms with Crippen molar-refractivity contribution in [3.8, 4) is 5.75 Å². The Morgan fingerprint density at radius 1 is 1.04 bits per heavy atom. The fraction of sp³-hybridized carbons (Fsp3) is 0.333. The number of benzene rings is 2. The first-order chi connectivity index (χ1) is 12.1. The second-order valence-electron chi connectivity index (χ2n) is 6.01. The second kappa shape index (κ2) is 9.62. The monoisotopic (exact) mass is 340 g/mol. The van der Waals surface area contributed by atoms with Crippen LogP contribution in [0, 0.1) is 0 Å². The number of Topliss-reactive ketones (excluding diaryl/α,β-unsaturated/α-hetero) is 1. The first-order valence-electron chi connectivity index (χ1n) is 8.65. The summed E-state index contributed by atoms with van der Waals surface area (Å²) >= 11 is 0. The van der Waals surface area contributed by atoms with E-state index in [-0.39, 0.29) is 12.2 Å². The van der Waals surface area contributed by atoms with Gasteiger partial charge in [0.1, 0.15) is 5.75 Å². The van der Waals surface area contributed by atoms with Gasteiger partial charge in [-0.1, -0.05) is 62.2 Å². The Labute approximate surface area is 148 Å². The summed E-state index contributed by atoms with van der Waals surface area (Å²) in [6, 6.07) is 15.8. The number of ketones is 1. The fourth-order valence-electron chi connectivity index (χ4n) is 2.64. The highest BCUT2D eigenvalue weighted by atomic mass is 16.5. The van der Waals surface area contributed by atoms with Gasteiger partial charge in [-0.05, 0) is 24.1 Å². The van der Waals surface area contributed by atoms with Gasteiger partial charge in [0, 0.05) is 12.0 Å². The van der Waals surface area contributed by atoms with E-state index in [0.29, 0.717) is 23.5 Å². The lowest BCUT2D eigenvalue weighted by Crippen LogP contribution is -2.16. The van der Waals surface area contributed by atoms with Gasteiger partial charge in [-0.2, -0.15) is 0 Å². The summed E-state index contributed by atoms with van der Waals surface area (Å²) in [6.45, 7) is 2.75. The molecule has 4 heteroatoms. The van der Waals surface area contributed by atoms with Gasteiger partial charge >= 0.3 is 5.97 Å². The molecule has 0 aliphatic rings. The lowest BCUT2D eigenvalue weighted by Gasteiger charge is -2.12. The van der Waals surface area contributed by atoms with Crippen molar-refractivity contribution in [2.45, 2.75) is 38.5 Å². The van der Waals surface area contributed by atoms with Crippen molar-refractivity contribution in [3.05, 3.63) is 65.7 Å². The van der Waals surface area contributed by atoms with Crippen molar-refractivity contribution in [2.75, 3.05) is 6.61 Å². The van der Waals surface area contributed by atoms with E-state index < -0.39 is 11.9 Å². The third-order valence-corrected chi connectivity index (χ3v) is 4.06. The normalized spacial score (nSPS) is 11.7. The van der Waals surface area contributed by atoms with E-state index in [2.05, 4.69) is 6.92 Å². The smallest absolute Gasteiger partial charge is 0.311 e. The van der Waals surface area contributed by atoms with Crippen LogP contribution in [0.2, 0.25) is 0 Å². The lowest BCUT2D eigenvalue weighted by atomic mass is 9.91. The molecule has 0 aliphatic carbocycles. The van der Waals surface area contributed by atoms with E-state index in [1.807, 2.05) is 12.1 Å². The Hall–Kier alpha value is -2.62. The minimum absolute atomic E-state index is 0.0708. The molecule has 1 unspecified atom stereocenters. The molecule has 0 saturated carbocycles. The fourth-order valence-corrected chi connectivity index (χ4v) is 2.64. The van der Waals surface area contributed by atoms with Crippen molar-refractivity contribution >= 4 is 11.8 Å². The van der Waals surface area contributed by atoms with Crippen molar-refractivity contribution in [2.24, 2.45) is 0 Å². The number of unbranched alkanes of at least 4 members (excludes halogenated alkanes) is 2. The Kier molecular flexibility index (Phi) is 7.20.